The molecular formula is C9H12ClNO3S. The molecule has 0 bridgehead atoms. The summed E-state index contributed by atoms with van der Waals surface area (Å²) in [6.45, 7) is -0.160. The van der Waals surface area contributed by atoms with Crippen LogP contribution in [-0.2, 0) is 9.84 Å². The van der Waals surface area contributed by atoms with Gasteiger partial charge in [-0.25, -0.2) is 8.42 Å². The molecule has 0 aliphatic rings. The minimum Gasteiger partial charge on any atom is -0.398 e. The fourth-order valence-corrected chi connectivity index (χ4v) is 2.77. The molecule has 84 valence electrons. The number of nitrogen functional groups attached to an aromatic ring is 1. The van der Waals surface area contributed by atoms with Gasteiger partial charge in [0.2, 0.25) is 0 Å². The van der Waals surface area contributed by atoms with Gasteiger partial charge in [0.05, 0.1) is 16.3 Å². The number of rotatable bonds is 4. The SMILES string of the molecule is Nc1cc(Cl)ccc1S(=O)(=O)CCCO. The Bertz CT molecular complexity index is 445. The van der Waals surface area contributed by atoms with E-state index in [1.54, 1.807) is 0 Å². The molecular weight excluding hydrogens is 238 g/mol. The second-order valence-electron chi connectivity index (χ2n) is 3.08. The van der Waals surface area contributed by atoms with Crippen molar-refractivity contribution in [2.45, 2.75) is 11.3 Å². The number of hydrogen-bond donors (Lipinski definition) is 2. The lowest BCUT2D eigenvalue weighted by Crippen LogP contribution is -2.10. The van der Waals surface area contributed by atoms with Crippen molar-refractivity contribution in [3.8, 4) is 0 Å². The Kier molecular flexibility index (Phi) is 3.96. The van der Waals surface area contributed by atoms with Crippen LogP contribution in [0, 0.1) is 0 Å². The van der Waals surface area contributed by atoms with E-state index in [0.717, 1.165) is 0 Å². The van der Waals surface area contributed by atoms with Gasteiger partial charge in [0.25, 0.3) is 0 Å². The Morgan fingerprint density at radius 1 is 1.40 bits per heavy atom. The maximum absolute atomic E-state index is 11.7. The molecule has 0 fully saturated rings. The molecule has 6 heteroatoms. The van der Waals surface area contributed by atoms with Gasteiger partial charge in [0.1, 0.15) is 0 Å². The van der Waals surface area contributed by atoms with Gasteiger partial charge in [-0.05, 0) is 24.6 Å². The molecule has 0 aliphatic carbocycles. The smallest absolute Gasteiger partial charge is 0.180 e. The van der Waals surface area contributed by atoms with Crippen molar-refractivity contribution in [2.75, 3.05) is 18.1 Å². The van der Waals surface area contributed by atoms with Crippen LogP contribution in [0.2, 0.25) is 5.02 Å². The van der Waals surface area contributed by atoms with E-state index in [-0.39, 0.29) is 29.4 Å². The molecule has 0 aromatic heterocycles. The first-order chi connectivity index (χ1) is 6.97. The van der Waals surface area contributed by atoms with Crippen molar-refractivity contribution < 1.29 is 13.5 Å². The highest BCUT2D eigenvalue weighted by Crippen LogP contribution is 2.23. The van der Waals surface area contributed by atoms with E-state index >= 15 is 0 Å². The first-order valence-corrected chi connectivity index (χ1v) is 6.39. The molecule has 0 saturated carbocycles. The van der Waals surface area contributed by atoms with Crippen LogP contribution in [0.5, 0.6) is 0 Å². The zero-order chi connectivity index (χ0) is 11.5. The zero-order valence-electron chi connectivity index (χ0n) is 7.98. The first kappa shape index (κ1) is 12.3. The summed E-state index contributed by atoms with van der Waals surface area (Å²) in [6, 6.07) is 4.25. The summed E-state index contributed by atoms with van der Waals surface area (Å²) in [7, 11) is -3.41. The number of halogens is 1. The maximum Gasteiger partial charge on any atom is 0.180 e. The third-order valence-electron chi connectivity index (χ3n) is 1.88. The number of benzene rings is 1. The standard InChI is InChI=1S/C9H12ClNO3S/c10-7-2-3-9(8(11)6-7)15(13,14)5-1-4-12/h2-3,6,12H,1,4-5,11H2. The van der Waals surface area contributed by atoms with Crippen LogP contribution >= 0.6 is 11.6 Å². The second kappa shape index (κ2) is 4.83. The second-order valence-corrected chi connectivity index (χ2v) is 5.59. The van der Waals surface area contributed by atoms with Crippen LogP contribution in [-0.4, -0.2) is 25.9 Å². The lowest BCUT2D eigenvalue weighted by molar-refractivity contribution is 0.295. The number of anilines is 1. The fourth-order valence-electron chi connectivity index (χ4n) is 1.17. The highest BCUT2D eigenvalue weighted by atomic mass is 35.5. The van der Waals surface area contributed by atoms with Crippen molar-refractivity contribution in [1.29, 1.82) is 0 Å². The quantitative estimate of drug-likeness (QED) is 0.783. The predicted molar refractivity (Wildman–Crippen MR) is 59.6 cm³/mol. The lowest BCUT2D eigenvalue weighted by Gasteiger charge is -2.06. The molecule has 0 amide bonds. The van der Waals surface area contributed by atoms with Crippen LogP contribution < -0.4 is 5.73 Å². The molecule has 0 radical (unpaired) electrons. The van der Waals surface area contributed by atoms with Gasteiger partial charge in [0.15, 0.2) is 9.84 Å². The predicted octanol–water partition coefficient (Wildman–Crippen LogP) is 1.08. The molecule has 0 unspecified atom stereocenters. The molecule has 3 N–H and O–H groups in total. The minimum atomic E-state index is -3.41. The Hall–Kier alpha value is -0.780. The van der Waals surface area contributed by atoms with E-state index in [1.165, 1.54) is 18.2 Å². The average molecular weight is 250 g/mol. The van der Waals surface area contributed by atoms with Crippen LogP contribution in [0.15, 0.2) is 23.1 Å². The number of hydrogen-bond acceptors (Lipinski definition) is 4. The van der Waals surface area contributed by atoms with E-state index < -0.39 is 9.84 Å². The summed E-state index contributed by atoms with van der Waals surface area (Å²) >= 11 is 5.66. The molecule has 0 atom stereocenters. The van der Waals surface area contributed by atoms with Crippen LogP contribution in [0.3, 0.4) is 0 Å². The third-order valence-corrected chi connectivity index (χ3v) is 3.98. The number of sulfone groups is 1. The fraction of sp³-hybridized carbons (Fsp3) is 0.333. The Morgan fingerprint density at radius 2 is 2.07 bits per heavy atom. The van der Waals surface area contributed by atoms with Crippen molar-refractivity contribution in [2.24, 2.45) is 0 Å². The molecule has 0 heterocycles. The third kappa shape index (κ3) is 3.09. The largest absolute Gasteiger partial charge is 0.398 e. The number of nitrogens with two attached hydrogens (primary N) is 1. The van der Waals surface area contributed by atoms with E-state index in [1.807, 2.05) is 0 Å². The van der Waals surface area contributed by atoms with Gasteiger partial charge < -0.3 is 10.8 Å². The molecule has 0 aliphatic heterocycles. The average Bonchev–Trinajstić information content (AvgIpc) is 2.14. The van der Waals surface area contributed by atoms with Crippen molar-refractivity contribution >= 4 is 27.1 Å². The van der Waals surface area contributed by atoms with Gasteiger partial charge in [0, 0.05) is 11.6 Å². The van der Waals surface area contributed by atoms with Gasteiger partial charge in [-0.1, -0.05) is 11.6 Å². The van der Waals surface area contributed by atoms with Gasteiger partial charge >= 0.3 is 0 Å². The summed E-state index contributed by atoms with van der Waals surface area (Å²) in [5.41, 5.74) is 5.69. The summed E-state index contributed by atoms with van der Waals surface area (Å²) in [4.78, 5) is 0.0698. The van der Waals surface area contributed by atoms with Crippen LogP contribution in [0.4, 0.5) is 5.69 Å². The van der Waals surface area contributed by atoms with Gasteiger partial charge in [-0.2, -0.15) is 0 Å². The molecule has 4 nitrogen and oxygen atoms in total. The Morgan fingerprint density at radius 3 is 2.60 bits per heavy atom. The first-order valence-electron chi connectivity index (χ1n) is 4.36. The topological polar surface area (TPSA) is 80.4 Å². The molecule has 1 aromatic rings. The molecule has 0 spiro atoms. The highest BCUT2D eigenvalue weighted by molar-refractivity contribution is 7.91. The monoisotopic (exact) mass is 249 g/mol. The normalized spacial score (nSPS) is 11.6. The number of aliphatic hydroxyl groups excluding tert-OH is 1. The molecule has 1 aromatic carbocycles. The Balaban J connectivity index is 3.05. The van der Waals surface area contributed by atoms with Crippen molar-refractivity contribution in [1.82, 2.24) is 0 Å². The Labute approximate surface area is 93.6 Å². The van der Waals surface area contributed by atoms with E-state index in [0.29, 0.717) is 5.02 Å². The van der Waals surface area contributed by atoms with Gasteiger partial charge in [-0.15, -0.1) is 0 Å². The summed E-state index contributed by atoms with van der Waals surface area (Å²) < 4.78 is 23.4. The number of aliphatic hydroxyl groups is 1. The van der Waals surface area contributed by atoms with Crippen LogP contribution in [0.1, 0.15) is 6.42 Å². The van der Waals surface area contributed by atoms with E-state index in [4.69, 9.17) is 22.4 Å². The molecule has 15 heavy (non-hydrogen) atoms. The summed E-state index contributed by atoms with van der Waals surface area (Å²) in [5.74, 6) is -0.116. The molecule has 0 saturated heterocycles. The summed E-state index contributed by atoms with van der Waals surface area (Å²) in [5, 5.41) is 8.97. The van der Waals surface area contributed by atoms with E-state index in [2.05, 4.69) is 0 Å². The van der Waals surface area contributed by atoms with Crippen molar-refractivity contribution in [3.05, 3.63) is 23.2 Å². The summed E-state index contributed by atoms with van der Waals surface area (Å²) in [6.07, 6.45) is 0.199. The van der Waals surface area contributed by atoms with E-state index in [9.17, 15) is 8.42 Å². The van der Waals surface area contributed by atoms with Crippen molar-refractivity contribution in [3.63, 3.8) is 0 Å². The van der Waals surface area contributed by atoms with Gasteiger partial charge in [-0.3, -0.25) is 0 Å². The zero-order valence-corrected chi connectivity index (χ0v) is 9.55. The molecule has 1 rings (SSSR count). The highest BCUT2D eigenvalue weighted by Gasteiger charge is 2.16. The lowest BCUT2D eigenvalue weighted by atomic mass is 10.3. The minimum absolute atomic E-state index is 0.0698. The maximum atomic E-state index is 11.7. The van der Waals surface area contributed by atoms with Crippen LogP contribution in [0.25, 0.3) is 0 Å².